The summed E-state index contributed by atoms with van der Waals surface area (Å²) in [6.45, 7) is 8.83. The van der Waals surface area contributed by atoms with Crippen molar-refractivity contribution in [2.45, 2.75) is 65.7 Å². The van der Waals surface area contributed by atoms with E-state index in [-0.39, 0.29) is 0 Å². The Hall–Kier alpha value is -7.56. The van der Waals surface area contributed by atoms with Crippen molar-refractivity contribution in [1.29, 1.82) is 0 Å². The summed E-state index contributed by atoms with van der Waals surface area (Å²) in [5, 5.41) is 11.9. The zero-order valence-electron chi connectivity index (χ0n) is 37.9. The first kappa shape index (κ1) is 38.9. The maximum atomic E-state index is 6.92. The Kier molecular flexibility index (Phi) is 8.83. The van der Waals surface area contributed by atoms with Crippen LogP contribution in [0.4, 0.5) is 34.1 Å². The molecule has 1 saturated carbocycles. The first-order valence-electron chi connectivity index (χ1n) is 23.7. The first-order valence-corrected chi connectivity index (χ1v) is 23.7. The third kappa shape index (κ3) is 5.97. The lowest BCUT2D eigenvalue weighted by Gasteiger charge is -2.33. The van der Waals surface area contributed by atoms with Gasteiger partial charge in [-0.3, -0.25) is 0 Å². The Bertz CT molecular complexity index is 3650. The fraction of sp³-hybridized carbons (Fsp3) is 0.161. The number of hydrogen-bond acceptors (Lipinski definition) is 4. The maximum absolute atomic E-state index is 6.92. The largest absolute Gasteiger partial charge is 0.454 e. The molecule has 1 aliphatic rings. The molecule has 0 N–H and O–H groups in total. The zero-order chi connectivity index (χ0) is 44.2. The van der Waals surface area contributed by atoms with E-state index in [1.807, 2.05) is 0 Å². The minimum Gasteiger partial charge on any atom is -0.454 e. The summed E-state index contributed by atoms with van der Waals surface area (Å²) in [6.07, 6.45) is 6.48. The van der Waals surface area contributed by atoms with Crippen molar-refractivity contribution in [3.8, 4) is 0 Å². The van der Waals surface area contributed by atoms with Gasteiger partial charge in [0.25, 0.3) is 0 Å². The number of aryl methyl sites for hydroxylation is 4. The minimum atomic E-state index is 0.598. The van der Waals surface area contributed by atoms with Gasteiger partial charge in [0.1, 0.15) is 11.2 Å². The van der Waals surface area contributed by atoms with Crippen LogP contribution in [0.15, 0.2) is 173 Å². The van der Waals surface area contributed by atoms with Crippen LogP contribution in [-0.2, 0) is 0 Å². The second-order valence-corrected chi connectivity index (χ2v) is 18.9. The van der Waals surface area contributed by atoms with Gasteiger partial charge in [0.15, 0.2) is 11.2 Å². The molecule has 66 heavy (non-hydrogen) atoms. The molecule has 0 unspecified atom stereocenters. The molecule has 0 spiro atoms. The molecule has 320 valence electrons. The van der Waals surface area contributed by atoms with E-state index in [0.717, 1.165) is 78.0 Å². The Labute approximate surface area is 384 Å². The van der Waals surface area contributed by atoms with Gasteiger partial charge in [0.05, 0.1) is 22.7 Å². The Morgan fingerprint density at radius 1 is 0.379 bits per heavy atom. The molecule has 13 rings (SSSR count). The predicted octanol–water partition coefficient (Wildman–Crippen LogP) is 18.6. The topological polar surface area (TPSA) is 32.8 Å². The minimum absolute atomic E-state index is 0.598. The molecule has 4 heteroatoms. The van der Waals surface area contributed by atoms with Crippen LogP contribution in [0.1, 0.15) is 65.8 Å². The van der Waals surface area contributed by atoms with Crippen molar-refractivity contribution in [2.75, 3.05) is 9.80 Å². The number of fused-ring (bicyclic) bond motifs is 6. The highest BCUT2D eigenvalue weighted by molar-refractivity contribution is 6.29. The number of rotatable bonds is 7. The van der Waals surface area contributed by atoms with Crippen LogP contribution in [0.25, 0.3) is 76.2 Å². The third-order valence-corrected chi connectivity index (χ3v) is 14.7. The molecular formula is C62H50N2O2. The van der Waals surface area contributed by atoms with E-state index in [1.54, 1.807) is 0 Å². The average molecular weight is 855 g/mol. The van der Waals surface area contributed by atoms with Crippen molar-refractivity contribution < 1.29 is 8.83 Å². The van der Waals surface area contributed by atoms with Crippen LogP contribution in [-0.4, -0.2) is 0 Å². The van der Waals surface area contributed by atoms with E-state index in [4.69, 9.17) is 8.83 Å². The third-order valence-electron chi connectivity index (χ3n) is 14.7. The fourth-order valence-electron chi connectivity index (χ4n) is 11.7. The number of furan rings is 2. The second-order valence-electron chi connectivity index (χ2n) is 18.9. The van der Waals surface area contributed by atoms with Gasteiger partial charge in [-0.05, 0) is 122 Å². The molecule has 12 aromatic rings. The SMILES string of the molecule is Cc1ccc(N(c2cc(N(c3ccc(C)cc3C)c3cccc4c3oc3ccccc34)c3ccc4cc(C5CCCCC5)cc5ccc2c3c54)c2cccc3c2oc2ccccc23)c(C)c1. The molecule has 1 aliphatic carbocycles. The Morgan fingerprint density at radius 3 is 1.36 bits per heavy atom. The molecule has 0 amide bonds. The molecule has 1 fully saturated rings. The molecule has 4 nitrogen and oxygen atoms in total. The van der Waals surface area contributed by atoms with Gasteiger partial charge in [-0.1, -0.05) is 152 Å². The molecule has 0 atom stereocenters. The van der Waals surface area contributed by atoms with E-state index in [1.165, 1.54) is 92.2 Å². The van der Waals surface area contributed by atoms with E-state index in [9.17, 15) is 0 Å². The van der Waals surface area contributed by atoms with Crippen molar-refractivity contribution in [3.63, 3.8) is 0 Å². The van der Waals surface area contributed by atoms with Crippen molar-refractivity contribution in [1.82, 2.24) is 0 Å². The molecule has 2 aromatic heterocycles. The van der Waals surface area contributed by atoms with Crippen molar-refractivity contribution >= 4 is 110 Å². The highest BCUT2D eigenvalue weighted by Gasteiger charge is 2.29. The lowest BCUT2D eigenvalue weighted by molar-refractivity contribution is 0.444. The summed E-state index contributed by atoms with van der Waals surface area (Å²) in [6, 6.07) is 60.7. The van der Waals surface area contributed by atoms with Crippen LogP contribution in [0.5, 0.6) is 0 Å². The van der Waals surface area contributed by atoms with Gasteiger partial charge < -0.3 is 18.6 Å². The summed E-state index contributed by atoms with van der Waals surface area (Å²) in [5.74, 6) is 0.598. The number of hydrogen-bond donors (Lipinski definition) is 0. The van der Waals surface area contributed by atoms with Crippen molar-refractivity contribution in [2.24, 2.45) is 0 Å². The van der Waals surface area contributed by atoms with Gasteiger partial charge >= 0.3 is 0 Å². The summed E-state index contributed by atoms with van der Waals surface area (Å²) >= 11 is 0. The molecule has 0 bridgehead atoms. The number of para-hydroxylation sites is 4. The zero-order valence-corrected chi connectivity index (χ0v) is 37.9. The van der Waals surface area contributed by atoms with Gasteiger partial charge in [0.2, 0.25) is 0 Å². The molecule has 0 radical (unpaired) electrons. The van der Waals surface area contributed by atoms with Gasteiger partial charge in [-0.15, -0.1) is 0 Å². The molecule has 0 aliphatic heterocycles. The molecule has 10 aromatic carbocycles. The molecule has 0 saturated heterocycles. The van der Waals surface area contributed by atoms with Gasteiger partial charge in [-0.2, -0.15) is 0 Å². The summed E-state index contributed by atoms with van der Waals surface area (Å²) in [7, 11) is 0. The highest BCUT2D eigenvalue weighted by atomic mass is 16.3. The smallest absolute Gasteiger partial charge is 0.159 e. The summed E-state index contributed by atoms with van der Waals surface area (Å²) in [5.41, 5.74) is 16.1. The Balaban J connectivity index is 1.19. The maximum Gasteiger partial charge on any atom is 0.159 e. The lowest BCUT2D eigenvalue weighted by atomic mass is 9.82. The predicted molar refractivity (Wildman–Crippen MR) is 279 cm³/mol. The van der Waals surface area contributed by atoms with Gasteiger partial charge in [0, 0.05) is 49.1 Å². The van der Waals surface area contributed by atoms with Crippen LogP contribution < -0.4 is 9.80 Å². The van der Waals surface area contributed by atoms with Crippen LogP contribution in [0.2, 0.25) is 0 Å². The standard InChI is InChI=1S/C62H50N2O2/c1-37-24-30-51(39(3)32-37)63(53-20-12-18-47-45-16-8-10-22-57(45)65-61(47)53)55-36-56(50-29-27-43-35-44(41-14-6-5-7-15-41)34-42-26-28-49(55)60(50)59(42)43)64(52-31-25-38(2)33-40(52)4)54-21-13-19-48-46-17-9-11-23-58(46)66-62(48)54/h8-13,16-36,41H,5-7,14-15H2,1-4H3. The highest BCUT2D eigenvalue weighted by Crippen LogP contribution is 2.54. The lowest BCUT2D eigenvalue weighted by Crippen LogP contribution is -2.16. The summed E-state index contributed by atoms with van der Waals surface area (Å²) < 4.78 is 13.8. The van der Waals surface area contributed by atoms with E-state index in [0.29, 0.717) is 5.92 Å². The summed E-state index contributed by atoms with van der Waals surface area (Å²) in [4.78, 5) is 4.95. The van der Waals surface area contributed by atoms with Crippen molar-refractivity contribution in [3.05, 3.63) is 192 Å². The average Bonchev–Trinajstić information content (AvgIpc) is 3.92. The first-order chi connectivity index (χ1) is 32.4. The quantitative estimate of drug-likeness (QED) is 0.150. The number of nitrogens with zero attached hydrogens (tertiary/aromatic N) is 2. The second kappa shape index (κ2) is 15.0. The van der Waals surface area contributed by atoms with E-state index >= 15 is 0 Å². The van der Waals surface area contributed by atoms with Gasteiger partial charge in [-0.25, -0.2) is 0 Å². The van der Waals surface area contributed by atoms with Crippen LogP contribution >= 0.6 is 0 Å². The molecular weight excluding hydrogens is 805 g/mol. The number of benzene rings is 10. The van der Waals surface area contributed by atoms with Crippen LogP contribution in [0.3, 0.4) is 0 Å². The van der Waals surface area contributed by atoms with Crippen LogP contribution in [0, 0.1) is 27.7 Å². The Morgan fingerprint density at radius 2 is 0.864 bits per heavy atom. The van der Waals surface area contributed by atoms with E-state index in [2.05, 4.69) is 201 Å². The number of anilines is 6. The van der Waals surface area contributed by atoms with E-state index < -0.39 is 0 Å². The molecule has 2 heterocycles. The fourth-order valence-corrected chi connectivity index (χ4v) is 11.7. The monoisotopic (exact) mass is 854 g/mol. The normalized spacial score (nSPS) is 13.7.